The highest BCUT2D eigenvalue weighted by Gasteiger charge is 2.29. The van der Waals surface area contributed by atoms with Crippen LogP contribution in [0.2, 0.25) is 0 Å². The van der Waals surface area contributed by atoms with Crippen molar-refractivity contribution in [2.75, 3.05) is 5.32 Å². The highest BCUT2D eigenvalue weighted by atomic mass is 16.4. The number of carboxylic acids is 1. The lowest BCUT2D eigenvalue weighted by Gasteiger charge is -2.21. The van der Waals surface area contributed by atoms with Crippen molar-refractivity contribution in [2.45, 2.75) is 32.3 Å². The van der Waals surface area contributed by atoms with Crippen LogP contribution in [-0.2, 0) is 4.79 Å². The number of aromatic nitrogens is 1. The number of rotatable bonds is 5. The lowest BCUT2D eigenvalue weighted by atomic mass is 10.00. The van der Waals surface area contributed by atoms with Crippen LogP contribution < -0.4 is 5.32 Å². The molecule has 1 amide bonds. The third kappa shape index (κ3) is 3.53. The summed E-state index contributed by atoms with van der Waals surface area (Å²) in [5.74, 6) is -1.74. The fourth-order valence-electron chi connectivity index (χ4n) is 1.49. The molecule has 6 heteroatoms. The smallest absolute Gasteiger partial charge is 0.354 e. The van der Waals surface area contributed by atoms with Gasteiger partial charge in [0.15, 0.2) is 0 Å². The average Bonchev–Trinajstić information content (AvgIpc) is 2.29. The minimum Gasteiger partial charge on any atom is -0.477 e. The lowest BCUT2D eigenvalue weighted by Crippen LogP contribution is -2.39. The van der Waals surface area contributed by atoms with Crippen molar-refractivity contribution in [1.82, 2.24) is 4.98 Å². The van der Waals surface area contributed by atoms with E-state index in [4.69, 9.17) is 5.11 Å². The molecule has 0 radical (unpaired) electrons. The number of anilines is 1. The molecule has 1 rings (SSSR count). The summed E-state index contributed by atoms with van der Waals surface area (Å²) in [6.45, 7) is 3.28. The Morgan fingerprint density at radius 1 is 1.50 bits per heavy atom. The fourth-order valence-corrected chi connectivity index (χ4v) is 1.49. The zero-order valence-corrected chi connectivity index (χ0v) is 10.3. The van der Waals surface area contributed by atoms with E-state index in [1.54, 1.807) is 0 Å². The standard InChI is InChI=1S/C12H16N2O4/c1-3-5-12(2,18)11(17)14-8-4-6-13-9(7-8)10(15)16/h4,6-7,18H,3,5H2,1-2H3,(H,15,16)(H,13,14,17). The number of hydrogen-bond acceptors (Lipinski definition) is 4. The maximum Gasteiger partial charge on any atom is 0.354 e. The van der Waals surface area contributed by atoms with Crippen LogP contribution in [0.15, 0.2) is 18.3 Å². The Labute approximate surface area is 105 Å². The van der Waals surface area contributed by atoms with Gasteiger partial charge in [0.05, 0.1) is 0 Å². The van der Waals surface area contributed by atoms with Gasteiger partial charge < -0.3 is 15.5 Å². The highest BCUT2D eigenvalue weighted by Crippen LogP contribution is 2.16. The molecule has 1 aromatic rings. The van der Waals surface area contributed by atoms with E-state index in [1.165, 1.54) is 25.3 Å². The average molecular weight is 252 g/mol. The molecule has 1 heterocycles. The molecule has 0 aromatic carbocycles. The van der Waals surface area contributed by atoms with Crippen molar-refractivity contribution < 1.29 is 19.8 Å². The molecular weight excluding hydrogens is 236 g/mol. The van der Waals surface area contributed by atoms with Gasteiger partial charge in [-0.25, -0.2) is 9.78 Å². The Morgan fingerprint density at radius 2 is 2.17 bits per heavy atom. The molecule has 0 aliphatic carbocycles. The van der Waals surface area contributed by atoms with Crippen LogP contribution in [0.3, 0.4) is 0 Å². The molecular formula is C12H16N2O4. The Bertz CT molecular complexity index is 457. The molecule has 1 unspecified atom stereocenters. The molecule has 0 saturated heterocycles. The molecule has 0 bridgehead atoms. The number of carboxylic acid groups (broad SMARTS) is 1. The SMILES string of the molecule is CCCC(C)(O)C(=O)Nc1ccnc(C(=O)O)c1. The van der Waals surface area contributed by atoms with E-state index in [9.17, 15) is 14.7 Å². The van der Waals surface area contributed by atoms with Crippen LogP contribution in [0.1, 0.15) is 37.2 Å². The van der Waals surface area contributed by atoms with Crippen LogP contribution >= 0.6 is 0 Å². The first-order chi connectivity index (χ1) is 8.36. The predicted molar refractivity (Wildman–Crippen MR) is 65.4 cm³/mol. The molecule has 0 saturated carbocycles. The number of amides is 1. The topological polar surface area (TPSA) is 99.5 Å². The third-order valence-electron chi connectivity index (χ3n) is 2.46. The first-order valence-corrected chi connectivity index (χ1v) is 5.60. The summed E-state index contributed by atoms with van der Waals surface area (Å²) in [6, 6.07) is 2.70. The van der Waals surface area contributed by atoms with Gasteiger partial charge in [0.25, 0.3) is 5.91 Å². The fraction of sp³-hybridized carbons (Fsp3) is 0.417. The monoisotopic (exact) mass is 252 g/mol. The van der Waals surface area contributed by atoms with E-state index in [0.29, 0.717) is 18.5 Å². The van der Waals surface area contributed by atoms with E-state index in [1.807, 2.05) is 6.92 Å². The third-order valence-corrected chi connectivity index (χ3v) is 2.46. The van der Waals surface area contributed by atoms with Gasteiger partial charge in [-0.15, -0.1) is 0 Å². The van der Waals surface area contributed by atoms with E-state index in [0.717, 1.165) is 0 Å². The number of carbonyl (C=O) groups is 2. The largest absolute Gasteiger partial charge is 0.477 e. The van der Waals surface area contributed by atoms with Crippen LogP contribution in [-0.4, -0.2) is 32.7 Å². The summed E-state index contributed by atoms with van der Waals surface area (Å²) in [7, 11) is 0. The molecule has 0 spiro atoms. The van der Waals surface area contributed by atoms with Crippen molar-refractivity contribution in [2.24, 2.45) is 0 Å². The second-order valence-corrected chi connectivity index (χ2v) is 4.21. The second-order valence-electron chi connectivity index (χ2n) is 4.21. The number of pyridine rings is 1. The number of aliphatic hydroxyl groups is 1. The van der Waals surface area contributed by atoms with E-state index < -0.39 is 17.5 Å². The van der Waals surface area contributed by atoms with E-state index in [-0.39, 0.29) is 5.69 Å². The van der Waals surface area contributed by atoms with E-state index in [2.05, 4.69) is 10.3 Å². The predicted octanol–water partition coefficient (Wildman–Crippen LogP) is 1.27. The Morgan fingerprint density at radius 3 is 2.72 bits per heavy atom. The molecule has 98 valence electrons. The van der Waals surface area contributed by atoms with Crippen LogP contribution in [0.25, 0.3) is 0 Å². The summed E-state index contributed by atoms with van der Waals surface area (Å²) >= 11 is 0. The molecule has 0 aliphatic rings. The summed E-state index contributed by atoms with van der Waals surface area (Å²) in [4.78, 5) is 26.1. The highest BCUT2D eigenvalue weighted by molar-refractivity contribution is 5.97. The Hall–Kier alpha value is -1.95. The number of nitrogens with one attached hydrogen (secondary N) is 1. The van der Waals surface area contributed by atoms with Gasteiger partial charge in [0, 0.05) is 11.9 Å². The van der Waals surface area contributed by atoms with Crippen molar-refractivity contribution in [3.8, 4) is 0 Å². The molecule has 18 heavy (non-hydrogen) atoms. The number of aromatic carboxylic acids is 1. The van der Waals surface area contributed by atoms with Gasteiger partial charge in [-0.3, -0.25) is 4.79 Å². The number of hydrogen-bond donors (Lipinski definition) is 3. The maximum atomic E-state index is 11.8. The first kappa shape index (κ1) is 14.1. The van der Waals surface area contributed by atoms with Gasteiger partial charge in [-0.05, 0) is 25.5 Å². The zero-order chi connectivity index (χ0) is 13.8. The van der Waals surface area contributed by atoms with Gasteiger partial charge in [-0.2, -0.15) is 0 Å². The second kappa shape index (κ2) is 5.59. The quantitative estimate of drug-likeness (QED) is 0.732. The molecule has 1 atom stereocenters. The molecule has 0 aliphatic heterocycles. The normalized spacial score (nSPS) is 13.7. The maximum absolute atomic E-state index is 11.8. The Kier molecular flexibility index (Phi) is 4.38. The van der Waals surface area contributed by atoms with Crippen molar-refractivity contribution >= 4 is 17.6 Å². The summed E-state index contributed by atoms with van der Waals surface area (Å²) < 4.78 is 0. The summed E-state index contributed by atoms with van der Waals surface area (Å²) in [5.41, 5.74) is -1.34. The van der Waals surface area contributed by atoms with Gasteiger partial charge in [-0.1, -0.05) is 13.3 Å². The minimum absolute atomic E-state index is 0.164. The van der Waals surface area contributed by atoms with Gasteiger partial charge in [0.2, 0.25) is 0 Å². The number of carbonyl (C=O) groups excluding carboxylic acids is 1. The van der Waals surface area contributed by atoms with Crippen molar-refractivity contribution in [3.05, 3.63) is 24.0 Å². The van der Waals surface area contributed by atoms with Gasteiger partial charge in [0.1, 0.15) is 11.3 Å². The van der Waals surface area contributed by atoms with Crippen LogP contribution in [0.4, 0.5) is 5.69 Å². The summed E-state index contributed by atoms with van der Waals surface area (Å²) in [5, 5.41) is 21.1. The lowest BCUT2D eigenvalue weighted by molar-refractivity contribution is -0.133. The summed E-state index contributed by atoms with van der Waals surface area (Å²) in [6.07, 6.45) is 2.28. The van der Waals surface area contributed by atoms with Crippen LogP contribution in [0.5, 0.6) is 0 Å². The molecule has 3 N–H and O–H groups in total. The molecule has 0 fully saturated rings. The Balaban J connectivity index is 2.82. The van der Waals surface area contributed by atoms with Crippen molar-refractivity contribution in [3.63, 3.8) is 0 Å². The first-order valence-electron chi connectivity index (χ1n) is 5.60. The van der Waals surface area contributed by atoms with E-state index >= 15 is 0 Å². The minimum atomic E-state index is -1.47. The van der Waals surface area contributed by atoms with Crippen LogP contribution in [0, 0.1) is 0 Å². The van der Waals surface area contributed by atoms with Crippen molar-refractivity contribution in [1.29, 1.82) is 0 Å². The number of nitrogens with zero attached hydrogens (tertiary/aromatic N) is 1. The molecule has 6 nitrogen and oxygen atoms in total. The zero-order valence-electron chi connectivity index (χ0n) is 10.3. The van der Waals surface area contributed by atoms with Gasteiger partial charge >= 0.3 is 5.97 Å². The molecule has 1 aromatic heterocycles.